The molecule has 1 heterocycles. The highest BCUT2D eigenvalue weighted by Crippen LogP contribution is 2.24. The van der Waals surface area contributed by atoms with Gasteiger partial charge in [-0.3, -0.25) is 4.48 Å². The average molecular weight is 295 g/mol. The van der Waals surface area contributed by atoms with Crippen molar-refractivity contribution in [2.75, 3.05) is 26.2 Å². The topological polar surface area (TPSA) is 32.6 Å². The minimum absolute atomic E-state index is 0.276. The largest absolute Gasteiger partial charge is 0.391 e. The Labute approximate surface area is 131 Å². The number of rotatable bonds is 13. The van der Waals surface area contributed by atoms with Gasteiger partial charge >= 0.3 is 0 Å². The van der Waals surface area contributed by atoms with Crippen LogP contribution in [0.4, 0.5) is 0 Å². The first-order valence-electron chi connectivity index (χ1n) is 8.88. The number of quaternary nitrogens is 1. The van der Waals surface area contributed by atoms with E-state index < -0.39 is 0 Å². The van der Waals surface area contributed by atoms with E-state index in [2.05, 4.69) is 24.7 Å². The van der Waals surface area contributed by atoms with E-state index in [4.69, 9.17) is 0 Å². The standard InChI is InChI=1S/C18H35N2O/c1-3-5-6-7-8-9-10-11-12-13-18-19-14-15-20(18,4-2)16-17-21/h3,14,18,21H,1,4-13,15-17H2,2H3/q+1. The number of hydrogen-bond acceptors (Lipinski definition) is 2. The van der Waals surface area contributed by atoms with E-state index in [0.717, 1.165) is 24.1 Å². The molecule has 0 fully saturated rings. The first kappa shape index (κ1) is 18.4. The molecule has 2 unspecified atom stereocenters. The Morgan fingerprint density at radius 3 is 2.48 bits per heavy atom. The van der Waals surface area contributed by atoms with Crippen LogP contribution in [0.15, 0.2) is 17.6 Å². The fourth-order valence-electron chi connectivity index (χ4n) is 3.38. The lowest BCUT2D eigenvalue weighted by Gasteiger charge is -2.37. The molecule has 1 N–H and O–H groups in total. The van der Waals surface area contributed by atoms with Gasteiger partial charge in [-0.05, 0) is 26.2 Å². The second-order valence-electron chi connectivity index (χ2n) is 6.32. The normalized spacial score (nSPS) is 24.6. The molecule has 3 heteroatoms. The summed E-state index contributed by atoms with van der Waals surface area (Å²) >= 11 is 0. The van der Waals surface area contributed by atoms with E-state index in [-0.39, 0.29) is 6.61 Å². The Kier molecular flexibility index (Phi) is 9.60. The number of allylic oxidation sites excluding steroid dienone is 1. The summed E-state index contributed by atoms with van der Waals surface area (Å²) in [4.78, 5) is 4.67. The lowest BCUT2D eigenvalue weighted by molar-refractivity contribution is -0.936. The zero-order valence-corrected chi connectivity index (χ0v) is 14.0. The van der Waals surface area contributed by atoms with Gasteiger partial charge in [0.05, 0.1) is 19.4 Å². The predicted octanol–water partition coefficient (Wildman–Crippen LogP) is 3.92. The summed E-state index contributed by atoms with van der Waals surface area (Å²) in [7, 11) is 0. The third kappa shape index (κ3) is 6.31. The SMILES string of the molecule is C=CCCCCCCCCCC1N=CC[N+]1(CC)CCO. The van der Waals surface area contributed by atoms with Gasteiger partial charge < -0.3 is 5.11 Å². The summed E-state index contributed by atoms with van der Waals surface area (Å²) < 4.78 is 0.970. The van der Waals surface area contributed by atoms with Gasteiger partial charge in [-0.2, -0.15) is 0 Å². The Hall–Kier alpha value is -0.670. The maximum Gasteiger partial charge on any atom is 0.182 e. The van der Waals surface area contributed by atoms with Crippen molar-refractivity contribution in [3.8, 4) is 0 Å². The van der Waals surface area contributed by atoms with E-state index in [1.807, 2.05) is 6.08 Å². The lowest BCUT2D eigenvalue weighted by Crippen LogP contribution is -2.53. The maximum atomic E-state index is 9.29. The number of aliphatic imine (C=N–C) groups is 1. The van der Waals surface area contributed by atoms with Crippen molar-refractivity contribution in [3.05, 3.63) is 12.7 Å². The Bertz CT molecular complexity index is 304. The van der Waals surface area contributed by atoms with E-state index in [1.165, 1.54) is 57.8 Å². The van der Waals surface area contributed by atoms with Gasteiger partial charge in [-0.1, -0.05) is 38.2 Å². The van der Waals surface area contributed by atoms with E-state index in [9.17, 15) is 5.11 Å². The molecule has 21 heavy (non-hydrogen) atoms. The van der Waals surface area contributed by atoms with Gasteiger partial charge in [-0.25, -0.2) is 4.99 Å². The molecular formula is C18H35N2O+. The molecule has 0 amide bonds. The molecule has 0 aromatic rings. The van der Waals surface area contributed by atoms with E-state index in [0.29, 0.717) is 6.17 Å². The van der Waals surface area contributed by atoms with Crippen LogP contribution >= 0.6 is 0 Å². The minimum atomic E-state index is 0.276. The maximum absolute atomic E-state index is 9.29. The third-order valence-corrected chi connectivity index (χ3v) is 4.90. The van der Waals surface area contributed by atoms with Gasteiger partial charge in [0.25, 0.3) is 0 Å². The zero-order valence-electron chi connectivity index (χ0n) is 14.0. The van der Waals surface area contributed by atoms with Crippen LogP contribution in [0.1, 0.15) is 64.7 Å². The first-order valence-corrected chi connectivity index (χ1v) is 8.88. The second kappa shape index (κ2) is 11.0. The summed E-state index contributed by atoms with van der Waals surface area (Å²) in [5, 5.41) is 9.29. The van der Waals surface area contributed by atoms with Crippen LogP contribution < -0.4 is 0 Å². The second-order valence-corrected chi connectivity index (χ2v) is 6.32. The fraction of sp³-hybridized carbons (Fsp3) is 0.833. The molecule has 1 aliphatic rings. The van der Waals surface area contributed by atoms with Crippen molar-refractivity contribution in [3.63, 3.8) is 0 Å². The van der Waals surface area contributed by atoms with Crippen LogP contribution in [0.3, 0.4) is 0 Å². The number of likely N-dealkylation sites (N-methyl/N-ethyl adjacent to an activating group) is 1. The van der Waals surface area contributed by atoms with Crippen molar-refractivity contribution in [1.82, 2.24) is 0 Å². The molecule has 122 valence electrons. The first-order chi connectivity index (χ1) is 10.3. The summed E-state index contributed by atoms with van der Waals surface area (Å²) in [6, 6.07) is 0. The highest BCUT2D eigenvalue weighted by atomic mass is 16.3. The quantitative estimate of drug-likeness (QED) is 0.312. The molecule has 0 radical (unpaired) electrons. The van der Waals surface area contributed by atoms with Crippen molar-refractivity contribution < 1.29 is 9.59 Å². The van der Waals surface area contributed by atoms with Crippen molar-refractivity contribution in [2.45, 2.75) is 70.9 Å². The molecule has 0 bridgehead atoms. The smallest absolute Gasteiger partial charge is 0.182 e. The molecule has 1 rings (SSSR count). The molecule has 0 aromatic heterocycles. The summed E-state index contributed by atoms with van der Waals surface area (Å²) in [5.74, 6) is 0. The molecule has 1 aliphatic heterocycles. The summed E-state index contributed by atoms with van der Waals surface area (Å²) in [5.41, 5.74) is 0. The molecular weight excluding hydrogens is 260 g/mol. The lowest BCUT2D eigenvalue weighted by atomic mass is 10.1. The van der Waals surface area contributed by atoms with Crippen LogP contribution in [-0.4, -0.2) is 48.2 Å². The van der Waals surface area contributed by atoms with Crippen molar-refractivity contribution in [2.24, 2.45) is 4.99 Å². The van der Waals surface area contributed by atoms with Crippen molar-refractivity contribution in [1.29, 1.82) is 0 Å². The van der Waals surface area contributed by atoms with Crippen LogP contribution in [0.25, 0.3) is 0 Å². The Balaban J connectivity index is 2.09. The number of aliphatic hydroxyl groups is 1. The predicted molar refractivity (Wildman–Crippen MR) is 91.7 cm³/mol. The van der Waals surface area contributed by atoms with Crippen LogP contribution in [0, 0.1) is 0 Å². The number of nitrogens with zero attached hydrogens (tertiary/aromatic N) is 2. The molecule has 0 saturated carbocycles. The van der Waals surface area contributed by atoms with Gasteiger partial charge in [0.2, 0.25) is 0 Å². The minimum Gasteiger partial charge on any atom is -0.391 e. The van der Waals surface area contributed by atoms with Crippen LogP contribution in [0.5, 0.6) is 0 Å². The summed E-state index contributed by atoms with van der Waals surface area (Å²) in [6.45, 7) is 9.19. The number of unbranched alkanes of at least 4 members (excludes halogenated alkanes) is 7. The third-order valence-electron chi connectivity index (χ3n) is 4.90. The monoisotopic (exact) mass is 295 g/mol. The van der Waals surface area contributed by atoms with Crippen molar-refractivity contribution >= 4 is 6.21 Å². The fourth-order valence-corrected chi connectivity index (χ4v) is 3.38. The molecule has 0 aromatic carbocycles. The molecule has 0 aliphatic carbocycles. The van der Waals surface area contributed by atoms with Gasteiger partial charge in [0.1, 0.15) is 13.1 Å². The van der Waals surface area contributed by atoms with Crippen LogP contribution in [-0.2, 0) is 0 Å². The van der Waals surface area contributed by atoms with Gasteiger partial charge in [0, 0.05) is 6.42 Å². The van der Waals surface area contributed by atoms with Crippen LogP contribution in [0.2, 0.25) is 0 Å². The molecule has 0 saturated heterocycles. The number of hydrogen-bond donors (Lipinski definition) is 1. The Morgan fingerprint density at radius 2 is 1.86 bits per heavy atom. The number of aliphatic hydroxyl groups excluding tert-OH is 1. The Morgan fingerprint density at radius 1 is 1.19 bits per heavy atom. The highest BCUT2D eigenvalue weighted by molar-refractivity contribution is 5.60. The molecule has 2 atom stereocenters. The van der Waals surface area contributed by atoms with Gasteiger partial charge in [0.15, 0.2) is 6.17 Å². The zero-order chi connectivity index (χ0) is 15.4. The van der Waals surface area contributed by atoms with E-state index >= 15 is 0 Å². The molecule has 0 spiro atoms. The highest BCUT2D eigenvalue weighted by Gasteiger charge is 2.36. The molecule has 3 nitrogen and oxygen atoms in total. The van der Waals surface area contributed by atoms with Gasteiger partial charge in [-0.15, -0.1) is 6.58 Å². The van der Waals surface area contributed by atoms with E-state index in [1.54, 1.807) is 0 Å². The summed E-state index contributed by atoms with van der Waals surface area (Å²) in [6.07, 6.45) is 16.2. The average Bonchev–Trinajstić information content (AvgIpc) is 2.89.